The summed E-state index contributed by atoms with van der Waals surface area (Å²) in [5.74, 6) is 0.00343. The van der Waals surface area contributed by atoms with Crippen LogP contribution in [0.4, 0.5) is 5.69 Å². The van der Waals surface area contributed by atoms with Gasteiger partial charge in [0.15, 0.2) is 5.84 Å². The smallest absolute Gasteiger partial charge is 0.282 e. The number of fused-ring (bicyclic) bond motifs is 1. The highest BCUT2D eigenvalue weighted by Gasteiger charge is 2.30. The van der Waals surface area contributed by atoms with Crippen molar-refractivity contribution in [1.29, 1.82) is 0 Å². The number of hydroxylamine groups is 1. The molecular formula is C14H12N2O3S. The zero-order valence-corrected chi connectivity index (χ0v) is 11.5. The van der Waals surface area contributed by atoms with Gasteiger partial charge in [-0.15, -0.1) is 4.40 Å². The Balaban J connectivity index is 2.20. The van der Waals surface area contributed by atoms with E-state index in [1.165, 1.54) is 12.1 Å². The largest absolute Gasteiger partial charge is 0.286 e. The van der Waals surface area contributed by atoms with Crippen LogP contribution in [0.5, 0.6) is 0 Å². The molecule has 0 unspecified atom stereocenters. The predicted molar refractivity (Wildman–Crippen MR) is 75.6 cm³/mol. The molecule has 0 bridgehead atoms. The summed E-state index contributed by atoms with van der Waals surface area (Å²) in [4.78, 5) is -0.00152. The second-order valence-corrected chi connectivity index (χ2v) is 6.11. The molecule has 2 aromatic rings. The molecule has 0 aliphatic carbocycles. The Labute approximate surface area is 116 Å². The summed E-state index contributed by atoms with van der Waals surface area (Å²) in [5.41, 5.74) is 1.78. The normalized spacial score (nSPS) is 16.5. The molecule has 0 fully saturated rings. The summed E-state index contributed by atoms with van der Waals surface area (Å²) in [6.45, 7) is 1.93. The van der Waals surface area contributed by atoms with Crippen LogP contribution in [-0.4, -0.2) is 19.5 Å². The number of para-hydroxylation sites is 1. The van der Waals surface area contributed by atoms with Gasteiger partial charge in [0.25, 0.3) is 10.0 Å². The van der Waals surface area contributed by atoms with Crippen LogP contribution in [0.3, 0.4) is 0 Å². The molecule has 102 valence electrons. The Morgan fingerprint density at radius 1 is 1.05 bits per heavy atom. The van der Waals surface area contributed by atoms with Crippen LogP contribution in [0.25, 0.3) is 0 Å². The van der Waals surface area contributed by atoms with Crippen molar-refractivity contribution in [2.75, 3.05) is 5.06 Å². The first-order chi connectivity index (χ1) is 9.49. The first-order valence-electron chi connectivity index (χ1n) is 5.99. The van der Waals surface area contributed by atoms with Gasteiger partial charge in [-0.25, -0.2) is 5.06 Å². The van der Waals surface area contributed by atoms with Gasteiger partial charge in [0.1, 0.15) is 4.90 Å². The highest BCUT2D eigenvalue weighted by atomic mass is 32.2. The maximum Gasteiger partial charge on any atom is 0.286 e. The first-order valence-corrected chi connectivity index (χ1v) is 7.43. The molecule has 3 rings (SSSR count). The molecule has 20 heavy (non-hydrogen) atoms. The van der Waals surface area contributed by atoms with E-state index in [0.717, 1.165) is 10.6 Å². The van der Waals surface area contributed by atoms with Gasteiger partial charge in [0.2, 0.25) is 0 Å². The number of hydrogen-bond donors (Lipinski definition) is 1. The molecule has 1 aliphatic heterocycles. The Morgan fingerprint density at radius 3 is 2.40 bits per heavy atom. The third-order valence-corrected chi connectivity index (χ3v) is 4.40. The van der Waals surface area contributed by atoms with Gasteiger partial charge in [-0.2, -0.15) is 8.42 Å². The maximum atomic E-state index is 12.1. The molecule has 1 N–H and O–H groups in total. The number of nitrogens with zero attached hydrogens (tertiary/aromatic N) is 2. The molecule has 0 saturated heterocycles. The van der Waals surface area contributed by atoms with E-state index in [9.17, 15) is 13.6 Å². The van der Waals surface area contributed by atoms with E-state index >= 15 is 0 Å². The number of rotatable bonds is 1. The highest BCUT2D eigenvalue weighted by Crippen LogP contribution is 2.31. The number of aryl methyl sites for hydroxylation is 1. The minimum atomic E-state index is -3.80. The summed E-state index contributed by atoms with van der Waals surface area (Å²) in [6.07, 6.45) is 0. The Hall–Kier alpha value is -2.18. The first kappa shape index (κ1) is 12.8. The minimum absolute atomic E-state index is 0.00152. The topological polar surface area (TPSA) is 70.0 Å². The molecular weight excluding hydrogens is 276 g/mol. The monoisotopic (exact) mass is 288 g/mol. The number of amidine groups is 1. The van der Waals surface area contributed by atoms with Crippen LogP contribution in [0.15, 0.2) is 57.8 Å². The van der Waals surface area contributed by atoms with Crippen LogP contribution in [0, 0.1) is 6.92 Å². The average Bonchev–Trinajstić information content (AvgIpc) is 2.44. The van der Waals surface area contributed by atoms with Gasteiger partial charge >= 0.3 is 0 Å². The minimum Gasteiger partial charge on any atom is -0.282 e. The summed E-state index contributed by atoms with van der Waals surface area (Å²) in [5, 5.41) is 11.0. The Bertz CT molecular complexity index is 795. The standard InChI is InChI=1S/C14H12N2O3S/c1-10-6-8-11(9-7-10)14-15-20(18,19)13-5-3-2-4-12(13)16(14)17/h2-9,17H,1H3. The number of benzene rings is 2. The quantitative estimate of drug-likeness (QED) is 0.874. The predicted octanol–water partition coefficient (Wildman–Crippen LogP) is 2.34. The number of anilines is 1. The van der Waals surface area contributed by atoms with Crippen LogP contribution in [-0.2, 0) is 10.0 Å². The van der Waals surface area contributed by atoms with Crippen molar-refractivity contribution in [3.05, 3.63) is 59.7 Å². The summed E-state index contributed by atoms with van der Waals surface area (Å²) in [7, 11) is -3.80. The van der Waals surface area contributed by atoms with E-state index in [0.29, 0.717) is 5.56 Å². The van der Waals surface area contributed by atoms with Crippen molar-refractivity contribution in [1.82, 2.24) is 0 Å². The number of hydrogen-bond acceptors (Lipinski definition) is 4. The fourth-order valence-corrected chi connectivity index (χ4v) is 3.22. The lowest BCUT2D eigenvalue weighted by Gasteiger charge is -2.25. The summed E-state index contributed by atoms with van der Waals surface area (Å²) in [6, 6.07) is 13.3. The molecule has 2 aromatic carbocycles. The van der Waals surface area contributed by atoms with Gasteiger partial charge < -0.3 is 0 Å². The molecule has 1 aliphatic rings. The van der Waals surface area contributed by atoms with E-state index in [2.05, 4.69) is 4.40 Å². The second-order valence-electron chi connectivity index (χ2n) is 4.54. The third-order valence-electron chi connectivity index (χ3n) is 3.09. The van der Waals surface area contributed by atoms with Crippen LogP contribution < -0.4 is 5.06 Å². The Kier molecular flexibility index (Phi) is 2.84. The van der Waals surface area contributed by atoms with Crippen molar-refractivity contribution in [2.24, 2.45) is 4.40 Å². The van der Waals surface area contributed by atoms with E-state index in [4.69, 9.17) is 0 Å². The third kappa shape index (κ3) is 1.99. The van der Waals surface area contributed by atoms with Crippen molar-refractivity contribution in [3.8, 4) is 0 Å². The van der Waals surface area contributed by atoms with Crippen LogP contribution in [0.1, 0.15) is 11.1 Å². The van der Waals surface area contributed by atoms with Gasteiger partial charge in [-0.05, 0) is 19.1 Å². The fourth-order valence-electron chi connectivity index (χ4n) is 2.04. The van der Waals surface area contributed by atoms with Crippen molar-refractivity contribution < 1.29 is 13.6 Å². The molecule has 0 spiro atoms. The van der Waals surface area contributed by atoms with Gasteiger partial charge in [0, 0.05) is 5.56 Å². The van der Waals surface area contributed by atoms with Crippen LogP contribution in [0.2, 0.25) is 0 Å². The SMILES string of the molecule is Cc1ccc(C2=NS(=O)(=O)c3ccccc3N2O)cc1. The maximum absolute atomic E-state index is 12.1. The molecule has 0 atom stereocenters. The number of sulfonamides is 1. The summed E-state index contributed by atoms with van der Waals surface area (Å²) < 4.78 is 28.0. The molecule has 0 radical (unpaired) electrons. The molecule has 1 heterocycles. The zero-order valence-electron chi connectivity index (χ0n) is 10.7. The van der Waals surface area contributed by atoms with Crippen molar-refractivity contribution in [3.63, 3.8) is 0 Å². The van der Waals surface area contributed by atoms with E-state index in [-0.39, 0.29) is 16.4 Å². The average molecular weight is 288 g/mol. The van der Waals surface area contributed by atoms with E-state index in [1.807, 2.05) is 19.1 Å². The van der Waals surface area contributed by atoms with E-state index in [1.54, 1.807) is 24.3 Å². The van der Waals surface area contributed by atoms with E-state index < -0.39 is 10.0 Å². The van der Waals surface area contributed by atoms with Crippen molar-refractivity contribution >= 4 is 21.5 Å². The summed E-state index contributed by atoms with van der Waals surface area (Å²) >= 11 is 0. The Morgan fingerprint density at radius 2 is 1.70 bits per heavy atom. The second kappa shape index (κ2) is 4.43. The molecule has 5 nitrogen and oxygen atoms in total. The molecule has 6 heteroatoms. The zero-order chi connectivity index (χ0) is 14.3. The van der Waals surface area contributed by atoms with Gasteiger partial charge in [-0.1, -0.05) is 42.0 Å². The van der Waals surface area contributed by atoms with Gasteiger partial charge in [-0.3, -0.25) is 5.21 Å². The highest BCUT2D eigenvalue weighted by molar-refractivity contribution is 7.90. The lowest BCUT2D eigenvalue weighted by Crippen LogP contribution is -2.33. The fraction of sp³-hybridized carbons (Fsp3) is 0.0714. The molecule has 0 amide bonds. The molecule has 0 aromatic heterocycles. The van der Waals surface area contributed by atoms with Gasteiger partial charge in [0.05, 0.1) is 5.69 Å². The molecule has 0 saturated carbocycles. The van der Waals surface area contributed by atoms with Crippen LogP contribution >= 0.6 is 0 Å². The lowest BCUT2D eigenvalue weighted by atomic mass is 10.1. The van der Waals surface area contributed by atoms with Crippen molar-refractivity contribution in [2.45, 2.75) is 11.8 Å². The lowest BCUT2D eigenvalue weighted by molar-refractivity contribution is 0.309.